The van der Waals surface area contributed by atoms with Crippen LogP contribution in [0.2, 0.25) is 0 Å². The summed E-state index contributed by atoms with van der Waals surface area (Å²) >= 11 is 0. The fourth-order valence-corrected chi connectivity index (χ4v) is 2.26. The van der Waals surface area contributed by atoms with Crippen LogP contribution in [0.25, 0.3) is 0 Å². The molecular weight excluding hydrogens is 356 g/mol. The molecular formula is C19H18O8. The van der Waals surface area contributed by atoms with Gasteiger partial charge in [0.05, 0.1) is 39.6 Å². The molecule has 0 radical (unpaired) electrons. The van der Waals surface area contributed by atoms with Gasteiger partial charge in [0.15, 0.2) is 0 Å². The molecule has 0 saturated carbocycles. The number of carbonyl (C=O) groups is 3. The monoisotopic (exact) mass is 374 g/mol. The number of hydrogen-bond acceptors (Lipinski definition) is 8. The second-order valence-corrected chi connectivity index (χ2v) is 5.18. The summed E-state index contributed by atoms with van der Waals surface area (Å²) in [7, 11) is 5.28. The van der Waals surface area contributed by atoms with Crippen molar-refractivity contribution in [2.75, 3.05) is 28.4 Å². The lowest BCUT2D eigenvalue weighted by molar-refractivity contribution is 0.0593. The Balaban J connectivity index is 2.39. The largest absolute Gasteiger partial charge is 0.497 e. The van der Waals surface area contributed by atoms with Crippen LogP contribution in [0.15, 0.2) is 36.4 Å². The van der Waals surface area contributed by atoms with Gasteiger partial charge in [-0.25, -0.2) is 14.4 Å². The lowest BCUT2D eigenvalue weighted by Gasteiger charge is -2.11. The first-order chi connectivity index (χ1) is 12.9. The average Bonchev–Trinajstić information content (AvgIpc) is 2.71. The van der Waals surface area contributed by atoms with E-state index in [0.29, 0.717) is 5.75 Å². The van der Waals surface area contributed by atoms with Gasteiger partial charge < -0.3 is 23.7 Å². The van der Waals surface area contributed by atoms with Crippen LogP contribution in [0.4, 0.5) is 0 Å². The van der Waals surface area contributed by atoms with Crippen LogP contribution in [-0.4, -0.2) is 46.3 Å². The van der Waals surface area contributed by atoms with E-state index in [1.807, 2.05) is 0 Å². The van der Waals surface area contributed by atoms with E-state index in [1.165, 1.54) is 58.8 Å². The Kier molecular flexibility index (Phi) is 6.37. The number of esters is 3. The van der Waals surface area contributed by atoms with Gasteiger partial charge in [-0.15, -0.1) is 0 Å². The molecule has 2 aromatic carbocycles. The molecule has 2 rings (SSSR count). The van der Waals surface area contributed by atoms with E-state index in [2.05, 4.69) is 9.47 Å². The topological polar surface area (TPSA) is 97.4 Å². The average molecular weight is 374 g/mol. The minimum atomic E-state index is -0.743. The molecule has 0 spiro atoms. The van der Waals surface area contributed by atoms with Crippen LogP contribution in [-0.2, 0) is 9.47 Å². The zero-order valence-corrected chi connectivity index (χ0v) is 15.2. The van der Waals surface area contributed by atoms with Crippen molar-refractivity contribution in [2.45, 2.75) is 0 Å². The first-order valence-corrected chi connectivity index (χ1v) is 7.69. The molecule has 0 amide bonds. The molecule has 8 nitrogen and oxygen atoms in total. The van der Waals surface area contributed by atoms with Gasteiger partial charge >= 0.3 is 17.9 Å². The number of rotatable bonds is 6. The molecule has 0 atom stereocenters. The number of carbonyl (C=O) groups excluding carboxylic acids is 3. The van der Waals surface area contributed by atoms with E-state index in [1.54, 1.807) is 6.07 Å². The standard InChI is InChI=1S/C19H18O8/c1-23-13-5-6-15(16(10-13)24-2)19(22)27-14-8-11(17(20)25-3)7-12(9-14)18(21)26-4/h5-10H,1-4H3. The van der Waals surface area contributed by atoms with Crippen LogP contribution < -0.4 is 14.2 Å². The third kappa shape index (κ3) is 4.55. The molecule has 0 unspecified atom stereocenters. The van der Waals surface area contributed by atoms with E-state index in [0.717, 1.165) is 0 Å². The van der Waals surface area contributed by atoms with Gasteiger partial charge in [-0.3, -0.25) is 0 Å². The minimum absolute atomic E-state index is 0.0267. The summed E-state index contributed by atoms with van der Waals surface area (Å²) in [5, 5.41) is 0. The first kappa shape index (κ1) is 19.8. The molecule has 0 N–H and O–H groups in total. The van der Waals surface area contributed by atoms with E-state index < -0.39 is 17.9 Å². The van der Waals surface area contributed by atoms with Crippen molar-refractivity contribution in [1.29, 1.82) is 0 Å². The van der Waals surface area contributed by atoms with Crippen LogP contribution in [0.5, 0.6) is 17.2 Å². The molecule has 27 heavy (non-hydrogen) atoms. The summed E-state index contributed by atoms with van der Waals surface area (Å²) in [6.45, 7) is 0. The highest BCUT2D eigenvalue weighted by atomic mass is 16.5. The molecule has 0 fully saturated rings. The Morgan fingerprint density at radius 1 is 0.667 bits per heavy atom. The van der Waals surface area contributed by atoms with Crippen molar-refractivity contribution < 1.29 is 38.1 Å². The number of methoxy groups -OCH3 is 4. The number of ether oxygens (including phenoxy) is 5. The predicted octanol–water partition coefficient (Wildman–Crippen LogP) is 2.50. The third-order valence-electron chi connectivity index (χ3n) is 3.59. The van der Waals surface area contributed by atoms with E-state index >= 15 is 0 Å². The van der Waals surface area contributed by atoms with E-state index in [-0.39, 0.29) is 28.2 Å². The molecule has 8 heteroatoms. The van der Waals surface area contributed by atoms with Gasteiger partial charge in [0, 0.05) is 6.07 Å². The smallest absolute Gasteiger partial charge is 0.347 e. The maximum atomic E-state index is 12.5. The molecule has 0 bridgehead atoms. The molecule has 142 valence electrons. The Labute approximate surface area is 155 Å². The Bertz CT molecular complexity index is 838. The van der Waals surface area contributed by atoms with Crippen LogP contribution in [0.3, 0.4) is 0 Å². The highest BCUT2D eigenvalue weighted by Crippen LogP contribution is 2.27. The number of benzene rings is 2. The zero-order chi connectivity index (χ0) is 20.0. The van der Waals surface area contributed by atoms with Gasteiger partial charge in [0.1, 0.15) is 22.8 Å². The maximum absolute atomic E-state index is 12.5. The van der Waals surface area contributed by atoms with Gasteiger partial charge in [0.2, 0.25) is 0 Å². The summed E-state index contributed by atoms with van der Waals surface area (Å²) < 4.78 is 24.9. The molecule has 0 aliphatic rings. The SMILES string of the molecule is COC(=O)c1cc(OC(=O)c2ccc(OC)cc2OC)cc(C(=O)OC)c1. The van der Waals surface area contributed by atoms with Crippen LogP contribution in [0, 0.1) is 0 Å². The summed E-state index contributed by atoms with van der Waals surface area (Å²) in [5.74, 6) is -1.41. The summed E-state index contributed by atoms with van der Waals surface area (Å²) in [6.07, 6.45) is 0. The Morgan fingerprint density at radius 3 is 1.74 bits per heavy atom. The maximum Gasteiger partial charge on any atom is 0.347 e. The predicted molar refractivity (Wildman–Crippen MR) is 93.6 cm³/mol. The second-order valence-electron chi connectivity index (χ2n) is 5.18. The van der Waals surface area contributed by atoms with Crippen molar-refractivity contribution in [1.82, 2.24) is 0 Å². The van der Waals surface area contributed by atoms with E-state index in [9.17, 15) is 14.4 Å². The first-order valence-electron chi connectivity index (χ1n) is 7.69. The normalized spacial score (nSPS) is 9.93. The Morgan fingerprint density at radius 2 is 1.26 bits per heavy atom. The molecule has 2 aromatic rings. The fourth-order valence-electron chi connectivity index (χ4n) is 2.26. The highest BCUT2D eigenvalue weighted by molar-refractivity contribution is 5.97. The number of hydrogen-bond donors (Lipinski definition) is 0. The van der Waals surface area contributed by atoms with Crippen molar-refractivity contribution in [3.63, 3.8) is 0 Å². The summed E-state index contributed by atoms with van der Waals surface area (Å²) in [6, 6.07) is 8.43. The lowest BCUT2D eigenvalue weighted by Crippen LogP contribution is -2.12. The van der Waals surface area contributed by atoms with Gasteiger partial charge in [0.25, 0.3) is 0 Å². The van der Waals surface area contributed by atoms with E-state index in [4.69, 9.17) is 14.2 Å². The van der Waals surface area contributed by atoms with Crippen molar-refractivity contribution in [2.24, 2.45) is 0 Å². The van der Waals surface area contributed by atoms with Crippen molar-refractivity contribution in [3.8, 4) is 17.2 Å². The third-order valence-corrected chi connectivity index (χ3v) is 3.59. The van der Waals surface area contributed by atoms with Gasteiger partial charge in [-0.05, 0) is 30.3 Å². The fraction of sp³-hybridized carbons (Fsp3) is 0.211. The molecule has 0 aliphatic carbocycles. The van der Waals surface area contributed by atoms with Crippen LogP contribution in [0.1, 0.15) is 31.1 Å². The quantitative estimate of drug-likeness (QED) is 0.562. The molecule has 0 aromatic heterocycles. The zero-order valence-electron chi connectivity index (χ0n) is 15.2. The van der Waals surface area contributed by atoms with Crippen molar-refractivity contribution in [3.05, 3.63) is 53.1 Å². The molecule has 0 saturated heterocycles. The Hall–Kier alpha value is -3.55. The molecule has 0 aliphatic heterocycles. The lowest BCUT2D eigenvalue weighted by atomic mass is 10.1. The summed E-state index contributed by atoms with van der Waals surface area (Å²) in [4.78, 5) is 36.1. The second kappa shape index (κ2) is 8.70. The van der Waals surface area contributed by atoms with Gasteiger partial charge in [-0.1, -0.05) is 0 Å². The van der Waals surface area contributed by atoms with Crippen LogP contribution >= 0.6 is 0 Å². The van der Waals surface area contributed by atoms with Gasteiger partial charge in [-0.2, -0.15) is 0 Å². The molecule has 0 heterocycles. The highest BCUT2D eigenvalue weighted by Gasteiger charge is 2.19. The van der Waals surface area contributed by atoms with Crippen molar-refractivity contribution >= 4 is 17.9 Å². The minimum Gasteiger partial charge on any atom is -0.497 e. The summed E-state index contributed by atoms with van der Waals surface area (Å²) in [5.41, 5.74) is 0.205.